The van der Waals surface area contributed by atoms with Crippen molar-refractivity contribution < 1.29 is 55.7 Å². The van der Waals surface area contributed by atoms with E-state index in [0.717, 1.165) is 50.7 Å². The Morgan fingerprint density at radius 2 is 0.915 bits per heavy atom. The molecule has 4 atom stereocenters. The van der Waals surface area contributed by atoms with Gasteiger partial charge in [-0.25, -0.2) is 36.7 Å². The van der Waals surface area contributed by atoms with Gasteiger partial charge in [0, 0.05) is 123 Å². The van der Waals surface area contributed by atoms with Crippen LogP contribution >= 0.6 is 23.2 Å². The van der Waals surface area contributed by atoms with Gasteiger partial charge in [0.05, 0.1) is 44.2 Å². The normalized spacial score (nSPS) is 21.3. The van der Waals surface area contributed by atoms with Crippen LogP contribution in [-0.2, 0) is 31.8 Å². The summed E-state index contributed by atoms with van der Waals surface area (Å²) >= 11 is 13.5. The number of halogens is 6. The number of carbonyl (C=O) groups is 4. The number of nitrogens with one attached hydrogen (secondary N) is 2. The van der Waals surface area contributed by atoms with Crippen LogP contribution < -0.4 is 30.2 Å². The molecule has 4 fully saturated rings. The fourth-order valence-electron chi connectivity index (χ4n) is 12.0. The quantitative estimate of drug-likeness (QED) is 0.120. The molecule has 4 aliphatic carbocycles. The summed E-state index contributed by atoms with van der Waals surface area (Å²) in [5, 5.41) is 6.65. The summed E-state index contributed by atoms with van der Waals surface area (Å²) in [7, 11) is 2.95. The van der Waals surface area contributed by atoms with Gasteiger partial charge in [-0.1, -0.05) is 23.2 Å². The molecule has 2 aromatic carbocycles. The predicted molar refractivity (Wildman–Crippen MR) is 307 cm³/mol. The monoisotopic (exact) mass is 1180 g/mol. The number of amides is 4. The molecule has 444 valence electrons. The maximum absolute atomic E-state index is 15.6. The molecule has 6 aliphatic rings. The third-order valence-electron chi connectivity index (χ3n) is 15.6. The lowest BCUT2D eigenvalue weighted by molar-refractivity contribution is 0.0503. The largest absolute Gasteiger partial charge is 0.444 e. The number of benzene rings is 2. The molecular formula is C60H74Cl2F4N8O8. The topological polar surface area (TPSA) is 168 Å². The van der Waals surface area contributed by atoms with Crippen molar-refractivity contribution in [3.05, 3.63) is 80.4 Å². The van der Waals surface area contributed by atoms with E-state index in [1.807, 2.05) is 41.5 Å². The van der Waals surface area contributed by atoms with E-state index in [1.165, 1.54) is 36.3 Å². The van der Waals surface area contributed by atoms with Gasteiger partial charge in [-0.3, -0.25) is 19.8 Å². The maximum Gasteiger partial charge on any atom is 0.414 e. The fourth-order valence-corrected chi connectivity index (χ4v) is 12.5. The number of fused-ring (bicyclic) bond motifs is 6. The first-order valence-corrected chi connectivity index (χ1v) is 28.5. The fraction of sp³-hybridized carbons (Fsp3) is 0.567. The second kappa shape index (κ2) is 21.4. The molecule has 2 spiro atoms. The van der Waals surface area contributed by atoms with E-state index >= 15 is 17.6 Å². The van der Waals surface area contributed by atoms with Gasteiger partial charge in [-0.2, -0.15) is 0 Å². The lowest BCUT2D eigenvalue weighted by Gasteiger charge is -2.37. The number of aromatic nitrogens is 2. The highest BCUT2D eigenvalue weighted by Gasteiger charge is 2.58. The minimum absolute atomic E-state index is 0.0515. The van der Waals surface area contributed by atoms with E-state index in [-0.39, 0.29) is 58.3 Å². The highest BCUT2D eigenvalue weighted by molar-refractivity contribution is 6.34. The molecule has 16 nitrogen and oxygen atoms in total. The van der Waals surface area contributed by atoms with E-state index in [1.54, 1.807) is 41.5 Å². The van der Waals surface area contributed by atoms with Gasteiger partial charge in [-0.05, 0) is 133 Å². The van der Waals surface area contributed by atoms with Gasteiger partial charge in [-0.15, -0.1) is 0 Å². The zero-order chi connectivity index (χ0) is 60.1. The molecule has 2 aromatic heterocycles. The van der Waals surface area contributed by atoms with E-state index < -0.39 is 70.0 Å². The zero-order valence-corrected chi connectivity index (χ0v) is 50.7. The highest BCUT2D eigenvalue weighted by atomic mass is 35.5. The Bertz CT molecular complexity index is 3050. The average molecular weight is 1180 g/mol. The number of piperidine rings is 2. The summed E-state index contributed by atoms with van der Waals surface area (Å²) in [6.45, 7) is 23.8. The molecule has 2 saturated heterocycles. The summed E-state index contributed by atoms with van der Waals surface area (Å²) < 4.78 is 83.3. The van der Waals surface area contributed by atoms with Gasteiger partial charge in [0.15, 0.2) is 23.3 Å². The Kier molecular flexibility index (Phi) is 15.7. The molecule has 2 saturated carbocycles. The van der Waals surface area contributed by atoms with Crippen molar-refractivity contribution in [2.45, 2.75) is 169 Å². The summed E-state index contributed by atoms with van der Waals surface area (Å²) in [4.78, 5) is 66.1. The van der Waals surface area contributed by atoms with Gasteiger partial charge >= 0.3 is 24.4 Å². The Morgan fingerprint density at radius 3 is 1.24 bits per heavy atom. The lowest BCUT2D eigenvalue weighted by atomic mass is 9.92. The Hall–Kier alpha value is -6.28. The molecule has 4 amide bonds. The number of pyridine rings is 2. The maximum atomic E-state index is 15.6. The third-order valence-corrected chi connectivity index (χ3v) is 16.2. The van der Waals surface area contributed by atoms with Crippen LogP contribution in [0.4, 0.5) is 59.5 Å². The van der Waals surface area contributed by atoms with E-state index in [4.69, 9.17) is 42.1 Å². The molecule has 10 rings (SSSR count). The number of anilines is 4. The van der Waals surface area contributed by atoms with Crippen molar-refractivity contribution in [3.63, 3.8) is 0 Å². The van der Waals surface area contributed by atoms with Crippen molar-refractivity contribution in [3.8, 4) is 22.3 Å². The van der Waals surface area contributed by atoms with Crippen LogP contribution in [0, 0.1) is 34.1 Å². The van der Waals surface area contributed by atoms with Gasteiger partial charge in [0.2, 0.25) is 0 Å². The van der Waals surface area contributed by atoms with Crippen molar-refractivity contribution >= 4 is 70.3 Å². The first-order chi connectivity index (χ1) is 38.0. The molecule has 2 N–H and O–H groups in total. The van der Waals surface area contributed by atoms with E-state index in [0.29, 0.717) is 81.2 Å². The Labute approximate surface area is 486 Å². The molecule has 4 aromatic rings. The van der Waals surface area contributed by atoms with Crippen LogP contribution in [0.5, 0.6) is 0 Å². The number of ether oxygens (including phenoxy) is 4. The number of nitrogens with zero attached hydrogens (tertiary/aromatic N) is 6. The molecule has 2 aliphatic heterocycles. The van der Waals surface area contributed by atoms with Crippen LogP contribution in [-0.4, -0.2) is 109 Å². The van der Waals surface area contributed by atoms with Crippen LogP contribution in [0.25, 0.3) is 22.3 Å². The minimum atomic E-state index is -1.08. The highest BCUT2D eigenvalue weighted by Crippen LogP contribution is 2.58. The molecule has 4 heterocycles. The van der Waals surface area contributed by atoms with Crippen LogP contribution in [0.15, 0.2) is 24.5 Å². The van der Waals surface area contributed by atoms with Crippen LogP contribution in [0.2, 0.25) is 10.0 Å². The predicted octanol–water partition coefficient (Wildman–Crippen LogP) is 13.7. The lowest BCUT2D eigenvalue weighted by Crippen LogP contribution is -2.42. The van der Waals surface area contributed by atoms with Crippen molar-refractivity contribution in [1.82, 2.24) is 20.6 Å². The first-order valence-electron chi connectivity index (χ1n) is 27.8. The van der Waals surface area contributed by atoms with Crippen molar-refractivity contribution in [2.75, 3.05) is 59.9 Å². The molecule has 82 heavy (non-hydrogen) atoms. The summed E-state index contributed by atoms with van der Waals surface area (Å²) in [6.07, 6.45) is 6.32. The van der Waals surface area contributed by atoms with E-state index in [2.05, 4.69) is 30.4 Å². The number of hydrogen-bond acceptors (Lipinski definition) is 12. The standard InChI is InChI=1S/2C30H37ClF2N4O4/c2*1-28(2,3)40-26(38)35-21-13-30(21)9-8-10-37(15-30)25-17(31)14-34-19-11-16-20(36(7)27(39)41-29(4,5)6)12-18(32)24(33)22(16)23(19)25/h2*12,14,21H,8-11,13,15H2,1-7H3,(H,35,38)/t2*21-,30-/m10/s1. The minimum Gasteiger partial charge on any atom is -0.444 e. The molecule has 0 bridgehead atoms. The Morgan fingerprint density at radius 1 is 0.573 bits per heavy atom. The smallest absolute Gasteiger partial charge is 0.414 e. The summed E-state index contributed by atoms with van der Waals surface area (Å²) in [5.74, 6) is -4.17. The molecule has 22 heteroatoms. The SMILES string of the molecule is CN(C(=O)OC(C)(C)C)c1cc(F)c(F)c2c1Cc1ncc(Cl)c(N3CCC[C@@]4(C[C@H]4NC(=O)OC(C)(C)C)C3)c1-2.CN(C(=O)OC(C)(C)C)c1cc(F)c(F)c2c1Cc1ncc(Cl)c(N3CCC[C@]4(C[C@@H]4NC(=O)OC(C)(C)C)C3)c1-2. The van der Waals surface area contributed by atoms with E-state index in [9.17, 15) is 19.2 Å². The average Bonchev–Trinajstić information content (AvgIpc) is 4.22. The summed E-state index contributed by atoms with van der Waals surface area (Å²) in [5.41, 5.74) is 1.58. The molecule has 0 radical (unpaired) electrons. The number of alkyl carbamates (subject to hydrolysis) is 2. The van der Waals surface area contributed by atoms with Crippen LogP contribution in [0.3, 0.4) is 0 Å². The van der Waals surface area contributed by atoms with Crippen molar-refractivity contribution in [2.24, 2.45) is 10.8 Å². The van der Waals surface area contributed by atoms with Gasteiger partial charge < -0.3 is 39.4 Å². The second-order valence-corrected chi connectivity index (χ2v) is 27.5. The zero-order valence-electron chi connectivity index (χ0n) is 49.2. The molecule has 0 unspecified atom stereocenters. The van der Waals surface area contributed by atoms with Crippen LogP contribution in [0.1, 0.15) is 144 Å². The second-order valence-electron chi connectivity index (χ2n) is 26.7. The van der Waals surface area contributed by atoms with Gasteiger partial charge in [0.1, 0.15) is 22.4 Å². The third kappa shape index (κ3) is 12.3. The first kappa shape index (κ1) is 60.3. The number of hydrogen-bond donors (Lipinski definition) is 2. The van der Waals surface area contributed by atoms with Crippen molar-refractivity contribution in [1.29, 1.82) is 0 Å². The Balaban J connectivity index is 0.000000198. The van der Waals surface area contributed by atoms with Gasteiger partial charge in [0.25, 0.3) is 0 Å². The number of carbonyl (C=O) groups excluding carboxylic acids is 4. The number of rotatable bonds is 6. The summed E-state index contributed by atoms with van der Waals surface area (Å²) in [6, 6.07) is 1.95. The molecular weight excluding hydrogens is 1110 g/mol.